The van der Waals surface area contributed by atoms with Crippen LogP contribution in [0.3, 0.4) is 0 Å². The highest BCUT2D eigenvalue weighted by atomic mass is 16.5. The standard InChI is InChI=1S/C14H12N4O2/c1-20-12-3-2-8(6-10(12)13(15)19)11-7-9-4-5-16-18-14(9)17-11/h2-7H,1H3,(H2,15,19)(H,17,18). The van der Waals surface area contributed by atoms with Crippen LogP contribution in [-0.2, 0) is 0 Å². The molecule has 0 aliphatic heterocycles. The van der Waals surface area contributed by atoms with E-state index in [4.69, 9.17) is 10.5 Å². The van der Waals surface area contributed by atoms with E-state index in [-0.39, 0.29) is 0 Å². The molecule has 0 radical (unpaired) electrons. The van der Waals surface area contributed by atoms with E-state index in [2.05, 4.69) is 15.2 Å². The Hall–Kier alpha value is -2.89. The number of nitrogens with two attached hydrogens (primary N) is 1. The number of carbonyl (C=O) groups is 1. The lowest BCUT2D eigenvalue weighted by atomic mass is 10.1. The summed E-state index contributed by atoms with van der Waals surface area (Å²) in [4.78, 5) is 14.6. The van der Waals surface area contributed by atoms with Crippen LogP contribution < -0.4 is 10.5 Å². The van der Waals surface area contributed by atoms with Gasteiger partial charge in [0.2, 0.25) is 0 Å². The molecule has 0 fully saturated rings. The molecule has 6 heteroatoms. The van der Waals surface area contributed by atoms with Crippen molar-refractivity contribution in [1.82, 2.24) is 15.2 Å². The van der Waals surface area contributed by atoms with Crippen LogP contribution in [0.2, 0.25) is 0 Å². The molecule has 0 aliphatic carbocycles. The van der Waals surface area contributed by atoms with Crippen molar-refractivity contribution in [2.75, 3.05) is 7.11 Å². The molecule has 0 spiro atoms. The predicted octanol–water partition coefficient (Wildman–Crippen LogP) is 1.73. The zero-order valence-corrected chi connectivity index (χ0v) is 10.8. The van der Waals surface area contributed by atoms with Gasteiger partial charge in [-0.1, -0.05) is 0 Å². The van der Waals surface area contributed by atoms with E-state index in [1.54, 1.807) is 18.3 Å². The van der Waals surface area contributed by atoms with Gasteiger partial charge < -0.3 is 15.5 Å². The van der Waals surface area contributed by atoms with Gasteiger partial charge in [-0.25, -0.2) is 0 Å². The summed E-state index contributed by atoms with van der Waals surface area (Å²) in [6.45, 7) is 0. The third-order valence-electron chi connectivity index (χ3n) is 3.08. The molecule has 6 nitrogen and oxygen atoms in total. The highest BCUT2D eigenvalue weighted by Crippen LogP contribution is 2.27. The van der Waals surface area contributed by atoms with Gasteiger partial charge in [-0.15, -0.1) is 5.10 Å². The Balaban J connectivity index is 2.14. The maximum atomic E-state index is 11.4. The van der Waals surface area contributed by atoms with Gasteiger partial charge in [-0.05, 0) is 35.9 Å². The summed E-state index contributed by atoms with van der Waals surface area (Å²) >= 11 is 0. The summed E-state index contributed by atoms with van der Waals surface area (Å²) in [7, 11) is 1.50. The van der Waals surface area contributed by atoms with Crippen LogP contribution in [0.15, 0.2) is 36.5 Å². The molecule has 0 aliphatic rings. The predicted molar refractivity (Wildman–Crippen MR) is 74.4 cm³/mol. The van der Waals surface area contributed by atoms with Gasteiger partial charge in [0.1, 0.15) is 5.75 Å². The van der Waals surface area contributed by atoms with E-state index in [1.165, 1.54) is 7.11 Å². The van der Waals surface area contributed by atoms with E-state index in [0.717, 1.165) is 16.6 Å². The maximum Gasteiger partial charge on any atom is 0.252 e. The molecule has 1 aromatic carbocycles. The third-order valence-corrected chi connectivity index (χ3v) is 3.08. The van der Waals surface area contributed by atoms with E-state index < -0.39 is 5.91 Å². The maximum absolute atomic E-state index is 11.4. The Kier molecular flexibility index (Phi) is 2.83. The Bertz CT molecular complexity index is 762. The van der Waals surface area contributed by atoms with E-state index in [9.17, 15) is 4.79 Å². The zero-order chi connectivity index (χ0) is 14.1. The molecule has 0 saturated carbocycles. The molecule has 3 aromatic rings. The van der Waals surface area contributed by atoms with Crippen LogP contribution in [0, 0.1) is 0 Å². The van der Waals surface area contributed by atoms with Crippen molar-refractivity contribution in [3.63, 3.8) is 0 Å². The highest BCUT2D eigenvalue weighted by Gasteiger charge is 2.12. The number of aromatic nitrogens is 3. The summed E-state index contributed by atoms with van der Waals surface area (Å²) in [5, 5.41) is 8.76. The molecule has 0 saturated heterocycles. The third kappa shape index (κ3) is 1.97. The quantitative estimate of drug-likeness (QED) is 0.756. The number of hydrogen-bond donors (Lipinski definition) is 2. The zero-order valence-electron chi connectivity index (χ0n) is 10.8. The number of H-pyrrole nitrogens is 1. The lowest BCUT2D eigenvalue weighted by molar-refractivity contribution is 0.0997. The topological polar surface area (TPSA) is 93.9 Å². The van der Waals surface area contributed by atoms with Crippen molar-refractivity contribution in [2.45, 2.75) is 0 Å². The van der Waals surface area contributed by atoms with Gasteiger partial charge in [0, 0.05) is 11.1 Å². The fourth-order valence-corrected chi connectivity index (χ4v) is 2.10. The second kappa shape index (κ2) is 4.65. The van der Waals surface area contributed by atoms with Crippen molar-refractivity contribution in [2.24, 2.45) is 5.73 Å². The second-order valence-electron chi connectivity index (χ2n) is 4.30. The SMILES string of the molecule is COc1ccc(-c2cc3ccnnc3[nH]2)cc1C(N)=O. The molecular formula is C14H12N4O2. The van der Waals surface area contributed by atoms with E-state index in [1.807, 2.05) is 18.2 Å². The smallest absolute Gasteiger partial charge is 0.252 e. The Morgan fingerprint density at radius 3 is 2.85 bits per heavy atom. The van der Waals surface area contributed by atoms with Gasteiger partial charge in [0.25, 0.3) is 5.91 Å². The van der Waals surface area contributed by atoms with Gasteiger partial charge in [-0.2, -0.15) is 5.10 Å². The van der Waals surface area contributed by atoms with Gasteiger partial charge in [0.05, 0.1) is 18.9 Å². The van der Waals surface area contributed by atoms with Crippen LogP contribution in [-0.4, -0.2) is 28.2 Å². The number of benzene rings is 1. The molecule has 1 amide bonds. The number of rotatable bonds is 3. The number of hydrogen-bond acceptors (Lipinski definition) is 4. The minimum atomic E-state index is -0.528. The molecule has 0 bridgehead atoms. The number of aromatic amines is 1. The minimum absolute atomic E-state index is 0.342. The fourth-order valence-electron chi connectivity index (χ4n) is 2.10. The first-order valence-electron chi connectivity index (χ1n) is 5.97. The number of ether oxygens (including phenoxy) is 1. The first-order valence-corrected chi connectivity index (χ1v) is 5.97. The largest absolute Gasteiger partial charge is 0.496 e. The number of primary amides is 1. The highest BCUT2D eigenvalue weighted by molar-refractivity contribution is 5.97. The number of fused-ring (bicyclic) bond motifs is 1. The first-order chi connectivity index (χ1) is 9.69. The molecule has 2 heterocycles. The van der Waals surface area contributed by atoms with Crippen molar-refractivity contribution < 1.29 is 9.53 Å². The molecule has 20 heavy (non-hydrogen) atoms. The first kappa shape index (κ1) is 12.2. The van der Waals surface area contributed by atoms with E-state index in [0.29, 0.717) is 17.0 Å². The average Bonchev–Trinajstić information content (AvgIpc) is 2.90. The van der Waals surface area contributed by atoms with Gasteiger partial charge in [-0.3, -0.25) is 4.79 Å². The van der Waals surface area contributed by atoms with Gasteiger partial charge in [0.15, 0.2) is 5.65 Å². The van der Waals surface area contributed by atoms with Crippen LogP contribution in [0.25, 0.3) is 22.3 Å². The summed E-state index contributed by atoms with van der Waals surface area (Å²) in [6, 6.07) is 9.06. The molecule has 3 rings (SSSR count). The molecule has 0 unspecified atom stereocenters. The van der Waals surface area contributed by atoms with Crippen molar-refractivity contribution in [1.29, 1.82) is 0 Å². The van der Waals surface area contributed by atoms with Crippen LogP contribution in [0.4, 0.5) is 0 Å². The molecule has 100 valence electrons. The summed E-state index contributed by atoms with van der Waals surface area (Å²) in [6.07, 6.45) is 1.63. The molecule has 2 aromatic heterocycles. The molecule has 3 N–H and O–H groups in total. The Labute approximate surface area is 114 Å². The van der Waals surface area contributed by atoms with Crippen LogP contribution in [0.5, 0.6) is 5.75 Å². The minimum Gasteiger partial charge on any atom is -0.496 e. The van der Waals surface area contributed by atoms with E-state index >= 15 is 0 Å². The molecule has 0 atom stereocenters. The normalized spacial score (nSPS) is 10.7. The lowest BCUT2D eigenvalue weighted by Gasteiger charge is -2.07. The van der Waals surface area contributed by atoms with Crippen LogP contribution >= 0.6 is 0 Å². The Morgan fingerprint density at radius 1 is 1.30 bits per heavy atom. The average molecular weight is 268 g/mol. The van der Waals surface area contributed by atoms with Gasteiger partial charge >= 0.3 is 0 Å². The number of nitrogens with zero attached hydrogens (tertiary/aromatic N) is 2. The molecular weight excluding hydrogens is 256 g/mol. The number of amides is 1. The second-order valence-corrected chi connectivity index (χ2v) is 4.30. The summed E-state index contributed by atoms with van der Waals surface area (Å²) < 4.78 is 5.12. The van der Waals surface area contributed by atoms with Crippen molar-refractivity contribution >= 4 is 16.9 Å². The number of methoxy groups -OCH3 is 1. The number of carbonyl (C=O) groups excluding carboxylic acids is 1. The summed E-state index contributed by atoms with van der Waals surface area (Å²) in [5.74, 6) is -0.0724. The van der Waals surface area contributed by atoms with Crippen molar-refractivity contribution in [3.05, 3.63) is 42.1 Å². The van der Waals surface area contributed by atoms with Crippen molar-refractivity contribution in [3.8, 4) is 17.0 Å². The van der Waals surface area contributed by atoms with Crippen LogP contribution in [0.1, 0.15) is 10.4 Å². The summed E-state index contributed by atoms with van der Waals surface area (Å²) in [5.41, 5.74) is 8.07. The Morgan fingerprint density at radius 2 is 2.15 bits per heavy atom. The number of nitrogens with one attached hydrogen (secondary N) is 1. The fraction of sp³-hybridized carbons (Fsp3) is 0.0714. The monoisotopic (exact) mass is 268 g/mol. The lowest BCUT2D eigenvalue weighted by Crippen LogP contribution is -2.12.